The third-order valence-electron chi connectivity index (χ3n) is 4.03. The maximum absolute atomic E-state index is 12.3. The predicted octanol–water partition coefficient (Wildman–Crippen LogP) is 2.63. The monoisotopic (exact) mass is 338 g/mol. The zero-order valence-corrected chi connectivity index (χ0v) is 14.2. The van der Waals surface area contributed by atoms with Crippen LogP contribution in [0.25, 0.3) is 0 Å². The Kier molecular flexibility index (Phi) is 4.27. The zero-order chi connectivity index (χ0) is 18.1. The summed E-state index contributed by atoms with van der Waals surface area (Å²) in [5, 5.41) is 2.71. The van der Waals surface area contributed by atoms with Crippen molar-refractivity contribution in [3.63, 3.8) is 0 Å². The van der Waals surface area contributed by atoms with E-state index in [1.165, 1.54) is 13.1 Å². The van der Waals surface area contributed by atoms with Crippen molar-refractivity contribution in [2.75, 3.05) is 12.4 Å². The molecule has 1 unspecified atom stereocenters. The van der Waals surface area contributed by atoms with E-state index in [1.807, 2.05) is 25.1 Å². The molecule has 1 heterocycles. The molecule has 0 saturated heterocycles. The molecule has 0 aliphatic carbocycles. The van der Waals surface area contributed by atoms with Gasteiger partial charge in [-0.3, -0.25) is 19.3 Å². The van der Waals surface area contributed by atoms with E-state index >= 15 is 0 Å². The van der Waals surface area contributed by atoms with Gasteiger partial charge in [0.25, 0.3) is 17.7 Å². The van der Waals surface area contributed by atoms with Crippen molar-refractivity contribution < 1.29 is 19.1 Å². The zero-order valence-electron chi connectivity index (χ0n) is 14.2. The van der Waals surface area contributed by atoms with E-state index in [2.05, 4.69) is 5.32 Å². The van der Waals surface area contributed by atoms with Crippen LogP contribution < -0.4 is 10.1 Å². The van der Waals surface area contributed by atoms with Crippen LogP contribution in [0.2, 0.25) is 0 Å². The molecular formula is C19H18N2O4. The van der Waals surface area contributed by atoms with Crippen molar-refractivity contribution in [3.8, 4) is 5.75 Å². The normalized spacial score (nSPS) is 14.3. The standard InChI is InChI=1S/C19H18N2O4/c1-11-5-4-6-14(9-11)25-12(2)17(22)20-13-7-8-15-16(10-13)19(24)21(3)18(15)23/h4-10,12H,1-3H3,(H,20,22). The quantitative estimate of drug-likeness (QED) is 0.870. The Hall–Kier alpha value is -3.15. The van der Waals surface area contributed by atoms with Gasteiger partial charge < -0.3 is 10.1 Å². The molecule has 2 aromatic rings. The number of carbonyl (C=O) groups is 3. The van der Waals surface area contributed by atoms with Crippen molar-refractivity contribution in [3.05, 3.63) is 59.2 Å². The van der Waals surface area contributed by atoms with E-state index in [0.717, 1.165) is 10.5 Å². The second-order valence-corrected chi connectivity index (χ2v) is 6.00. The Bertz CT molecular complexity index is 875. The summed E-state index contributed by atoms with van der Waals surface area (Å²) in [6.45, 7) is 3.59. The summed E-state index contributed by atoms with van der Waals surface area (Å²) in [5.74, 6) is -0.445. The molecule has 3 rings (SSSR count). The number of carbonyl (C=O) groups excluding carboxylic acids is 3. The number of aryl methyl sites for hydroxylation is 1. The third-order valence-corrected chi connectivity index (χ3v) is 4.03. The number of hydrogen-bond donors (Lipinski definition) is 1. The summed E-state index contributed by atoms with van der Waals surface area (Å²) in [4.78, 5) is 37.3. The lowest BCUT2D eigenvalue weighted by atomic mass is 10.1. The SMILES string of the molecule is Cc1cccc(OC(C)C(=O)Nc2ccc3c(c2)C(=O)N(C)C3=O)c1. The molecule has 1 aliphatic heterocycles. The number of nitrogens with one attached hydrogen (secondary N) is 1. The highest BCUT2D eigenvalue weighted by atomic mass is 16.5. The van der Waals surface area contributed by atoms with Crippen LogP contribution >= 0.6 is 0 Å². The molecule has 1 N–H and O–H groups in total. The molecule has 1 atom stereocenters. The molecule has 0 radical (unpaired) electrons. The number of rotatable bonds is 4. The van der Waals surface area contributed by atoms with Gasteiger partial charge in [-0.15, -0.1) is 0 Å². The lowest BCUT2D eigenvalue weighted by molar-refractivity contribution is -0.122. The van der Waals surface area contributed by atoms with Gasteiger partial charge in [0.1, 0.15) is 5.75 Å². The molecule has 0 saturated carbocycles. The average Bonchev–Trinajstić information content (AvgIpc) is 2.79. The second-order valence-electron chi connectivity index (χ2n) is 6.00. The van der Waals surface area contributed by atoms with Crippen molar-refractivity contribution in [1.29, 1.82) is 0 Å². The Balaban J connectivity index is 1.71. The molecule has 2 aromatic carbocycles. The van der Waals surface area contributed by atoms with Gasteiger partial charge in [-0.05, 0) is 49.7 Å². The number of benzene rings is 2. The second kappa shape index (κ2) is 6.39. The molecule has 25 heavy (non-hydrogen) atoms. The van der Waals surface area contributed by atoms with Gasteiger partial charge in [-0.2, -0.15) is 0 Å². The van der Waals surface area contributed by atoms with Crippen molar-refractivity contribution in [1.82, 2.24) is 4.90 Å². The Morgan fingerprint density at radius 2 is 1.80 bits per heavy atom. The largest absolute Gasteiger partial charge is 0.481 e. The summed E-state index contributed by atoms with van der Waals surface area (Å²) in [7, 11) is 1.43. The van der Waals surface area contributed by atoms with E-state index < -0.39 is 6.10 Å². The third kappa shape index (κ3) is 3.24. The molecule has 0 bridgehead atoms. The van der Waals surface area contributed by atoms with Crippen LogP contribution in [0.3, 0.4) is 0 Å². The van der Waals surface area contributed by atoms with Crippen LogP contribution in [0.5, 0.6) is 5.75 Å². The first-order valence-electron chi connectivity index (χ1n) is 7.87. The lowest BCUT2D eigenvalue weighted by Gasteiger charge is -2.15. The minimum Gasteiger partial charge on any atom is -0.481 e. The van der Waals surface area contributed by atoms with Gasteiger partial charge in [-0.25, -0.2) is 0 Å². The fourth-order valence-corrected chi connectivity index (χ4v) is 2.63. The minimum absolute atomic E-state index is 0.289. The molecule has 0 aromatic heterocycles. The number of nitrogens with zero attached hydrogens (tertiary/aromatic N) is 1. The Morgan fingerprint density at radius 1 is 1.08 bits per heavy atom. The van der Waals surface area contributed by atoms with Gasteiger partial charge in [-0.1, -0.05) is 12.1 Å². The van der Waals surface area contributed by atoms with Crippen LogP contribution in [0, 0.1) is 6.92 Å². The fraction of sp³-hybridized carbons (Fsp3) is 0.211. The van der Waals surface area contributed by atoms with Crippen molar-refractivity contribution in [2.24, 2.45) is 0 Å². The van der Waals surface area contributed by atoms with E-state index in [1.54, 1.807) is 25.1 Å². The van der Waals surface area contributed by atoms with E-state index in [9.17, 15) is 14.4 Å². The van der Waals surface area contributed by atoms with Gasteiger partial charge in [0.05, 0.1) is 11.1 Å². The Labute approximate surface area is 145 Å². The smallest absolute Gasteiger partial charge is 0.265 e. The van der Waals surface area contributed by atoms with Crippen LogP contribution in [-0.2, 0) is 4.79 Å². The van der Waals surface area contributed by atoms with E-state index in [0.29, 0.717) is 17.0 Å². The molecule has 0 fully saturated rings. The Morgan fingerprint density at radius 3 is 2.52 bits per heavy atom. The van der Waals surface area contributed by atoms with Gasteiger partial charge in [0.2, 0.25) is 0 Å². The predicted molar refractivity (Wildman–Crippen MR) is 92.8 cm³/mol. The van der Waals surface area contributed by atoms with Crippen LogP contribution in [-0.4, -0.2) is 35.8 Å². The highest BCUT2D eigenvalue weighted by molar-refractivity contribution is 6.21. The molecule has 6 nitrogen and oxygen atoms in total. The summed E-state index contributed by atoms with van der Waals surface area (Å²) < 4.78 is 5.64. The molecule has 6 heteroatoms. The summed E-state index contributed by atoms with van der Waals surface area (Å²) in [6.07, 6.45) is -0.713. The van der Waals surface area contributed by atoms with Gasteiger partial charge in [0, 0.05) is 12.7 Å². The molecule has 0 spiro atoms. The van der Waals surface area contributed by atoms with E-state index in [-0.39, 0.29) is 23.3 Å². The van der Waals surface area contributed by atoms with Crippen molar-refractivity contribution in [2.45, 2.75) is 20.0 Å². The fourth-order valence-electron chi connectivity index (χ4n) is 2.63. The van der Waals surface area contributed by atoms with Crippen LogP contribution in [0.15, 0.2) is 42.5 Å². The molecule has 128 valence electrons. The topological polar surface area (TPSA) is 75.7 Å². The number of anilines is 1. The number of amides is 3. The van der Waals surface area contributed by atoms with Crippen LogP contribution in [0.1, 0.15) is 33.2 Å². The number of hydrogen-bond acceptors (Lipinski definition) is 4. The number of fused-ring (bicyclic) bond motifs is 1. The van der Waals surface area contributed by atoms with Crippen molar-refractivity contribution >= 4 is 23.4 Å². The van der Waals surface area contributed by atoms with Crippen LogP contribution in [0.4, 0.5) is 5.69 Å². The average molecular weight is 338 g/mol. The first-order valence-corrected chi connectivity index (χ1v) is 7.87. The molecule has 3 amide bonds. The molecular weight excluding hydrogens is 320 g/mol. The first kappa shape index (κ1) is 16.7. The number of imide groups is 1. The maximum Gasteiger partial charge on any atom is 0.265 e. The highest BCUT2D eigenvalue weighted by Gasteiger charge is 2.32. The molecule has 1 aliphatic rings. The summed E-state index contributed by atoms with van der Waals surface area (Å²) in [6, 6.07) is 12.1. The highest BCUT2D eigenvalue weighted by Crippen LogP contribution is 2.25. The van der Waals surface area contributed by atoms with Gasteiger partial charge >= 0.3 is 0 Å². The van der Waals surface area contributed by atoms with E-state index in [4.69, 9.17) is 4.74 Å². The minimum atomic E-state index is -0.713. The summed E-state index contributed by atoms with van der Waals surface area (Å²) >= 11 is 0. The first-order chi connectivity index (χ1) is 11.9. The summed E-state index contributed by atoms with van der Waals surface area (Å²) in [5.41, 5.74) is 2.11. The van der Waals surface area contributed by atoms with Gasteiger partial charge in [0.15, 0.2) is 6.10 Å². The number of ether oxygens (including phenoxy) is 1. The maximum atomic E-state index is 12.3. The lowest BCUT2D eigenvalue weighted by Crippen LogP contribution is -2.30.